The first-order valence-electron chi connectivity index (χ1n) is 8.57. The van der Waals surface area contributed by atoms with E-state index in [1.165, 1.54) is 0 Å². The van der Waals surface area contributed by atoms with Crippen molar-refractivity contribution in [3.63, 3.8) is 0 Å². The number of fused-ring (bicyclic) bond motifs is 3. The molecule has 0 amide bonds. The van der Waals surface area contributed by atoms with Crippen LogP contribution in [-0.4, -0.2) is 0 Å². The van der Waals surface area contributed by atoms with Crippen LogP contribution in [0.2, 0.25) is 5.02 Å². The van der Waals surface area contributed by atoms with Gasteiger partial charge in [0.25, 0.3) is 0 Å². The third-order valence-electron chi connectivity index (χ3n) is 4.77. The predicted octanol–water partition coefficient (Wildman–Crippen LogP) is 7.57. The normalized spacial score (nSPS) is 11.3. The smallest absolute Gasteiger partial charge is 0.136 e. The van der Waals surface area contributed by atoms with E-state index in [2.05, 4.69) is 30.3 Å². The third-order valence-corrected chi connectivity index (χ3v) is 5.16. The molecule has 0 aliphatic carbocycles. The first-order valence-corrected chi connectivity index (χ1v) is 8.95. The summed E-state index contributed by atoms with van der Waals surface area (Å²) in [5.41, 5.74) is 6.08. The van der Waals surface area contributed by atoms with Crippen LogP contribution in [0.1, 0.15) is 0 Å². The monoisotopic (exact) mass is 354 g/mol. The van der Waals surface area contributed by atoms with Gasteiger partial charge in [-0.15, -0.1) is 0 Å². The summed E-state index contributed by atoms with van der Waals surface area (Å²) in [7, 11) is 0. The maximum atomic E-state index is 6.90. The molecule has 5 aromatic rings. The molecular weight excluding hydrogens is 340 g/mol. The van der Waals surface area contributed by atoms with E-state index < -0.39 is 0 Å². The van der Waals surface area contributed by atoms with Gasteiger partial charge in [0.15, 0.2) is 0 Å². The Hall–Kier alpha value is -3.03. The molecule has 0 saturated heterocycles. The average molecular weight is 355 g/mol. The topological polar surface area (TPSA) is 13.1 Å². The van der Waals surface area contributed by atoms with Crippen molar-refractivity contribution in [2.75, 3.05) is 0 Å². The molecule has 2 heteroatoms. The minimum Gasteiger partial charge on any atom is -0.456 e. The zero-order chi connectivity index (χ0) is 17.5. The van der Waals surface area contributed by atoms with Crippen LogP contribution in [-0.2, 0) is 0 Å². The van der Waals surface area contributed by atoms with E-state index in [0.29, 0.717) is 0 Å². The average Bonchev–Trinajstić information content (AvgIpc) is 3.09. The standard InChI is InChI=1S/C24H15ClO/c25-24-19(17-10-5-2-6-11-17)14-15-21-23(24)22-18(12-7-13-20(22)26-21)16-8-3-1-4-9-16/h1-15H. The van der Waals surface area contributed by atoms with Crippen molar-refractivity contribution in [2.24, 2.45) is 0 Å². The number of hydrogen-bond donors (Lipinski definition) is 0. The molecule has 0 fully saturated rings. The minimum atomic E-state index is 0.732. The molecule has 0 atom stereocenters. The quantitative estimate of drug-likeness (QED) is 0.318. The minimum absolute atomic E-state index is 0.732. The van der Waals surface area contributed by atoms with E-state index >= 15 is 0 Å². The molecule has 26 heavy (non-hydrogen) atoms. The van der Waals surface area contributed by atoms with Gasteiger partial charge < -0.3 is 4.42 Å². The molecule has 0 N–H and O–H groups in total. The number of hydrogen-bond acceptors (Lipinski definition) is 1. The van der Waals surface area contributed by atoms with E-state index in [4.69, 9.17) is 16.0 Å². The fraction of sp³-hybridized carbons (Fsp3) is 0. The van der Waals surface area contributed by atoms with Gasteiger partial charge in [0.1, 0.15) is 11.2 Å². The van der Waals surface area contributed by atoms with Gasteiger partial charge in [0.2, 0.25) is 0 Å². The van der Waals surface area contributed by atoms with Crippen molar-refractivity contribution in [2.45, 2.75) is 0 Å². The van der Waals surface area contributed by atoms with Crippen molar-refractivity contribution >= 4 is 33.5 Å². The summed E-state index contributed by atoms with van der Waals surface area (Å²) in [5.74, 6) is 0. The largest absolute Gasteiger partial charge is 0.456 e. The number of benzene rings is 4. The van der Waals surface area contributed by atoms with Gasteiger partial charge in [-0.25, -0.2) is 0 Å². The van der Waals surface area contributed by atoms with Crippen molar-refractivity contribution < 1.29 is 4.42 Å². The Balaban J connectivity index is 1.88. The Bertz CT molecular complexity index is 1220. The molecule has 1 nitrogen and oxygen atoms in total. The SMILES string of the molecule is Clc1c(-c2ccccc2)ccc2oc3cccc(-c4ccccc4)c3c12. The van der Waals surface area contributed by atoms with Crippen LogP contribution in [0.25, 0.3) is 44.2 Å². The van der Waals surface area contributed by atoms with Crippen LogP contribution >= 0.6 is 11.6 Å². The molecule has 0 saturated carbocycles. The highest BCUT2D eigenvalue weighted by Crippen LogP contribution is 2.43. The molecular formula is C24H15ClO. The molecule has 1 aromatic heterocycles. The number of rotatable bonds is 2. The van der Waals surface area contributed by atoms with Crippen LogP contribution < -0.4 is 0 Å². The molecule has 1 heterocycles. The molecule has 4 aromatic carbocycles. The fourth-order valence-electron chi connectivity index (χ4n) is 3.57. The van der Waals surface area contributed by atoms with E-state index in [-0.39, 0.29) is 0 Å². The van der Waals surface area contributed by atoms with E-state index in [1.807, 2.05) is 60.7 Å². The van der Waals surface area contributed by atoms with Gasteiger partial charge in [-0.05, 0) is 34.9 Å². The Morgan fingerprint density at radius 1 is 0.500 bits per heavy atom. The molecule has 0 spiro atoms. The van der Waals surface area contributed by atoms with E-state index in [1.54, 1.807) is 0 Å². The highest BCUT2D eigenvalue weighted by molar-refractivity contribution is 6.41. The molecule has 5 rings (SSSR count). The first kappa shape index (κ1) is 15.2. The maximum Gasteiger partial charge on any atom is 0.136 e. The lowest BCUT2D eigenvalue weighted by Gasteiger charge is -2.07. The summed E-state index contributed by atoms with van der Waals surface area (Å²) in [6.45, 7) is 0. The summed E-state index contributed by atoms with van der Waals surface area (Å²) in [6, 6.07) is 30.8. The van der Waals surface area contributed by atoms with Crippen LogP contribution in [0, 0.1) is 0 Å². The lowest BCUT2D eigenvalue weighted by Crippen LogP contribution is -1.82. The van der Waals surface area contributed by atoms with Crippen LogP contribution in [0.5, 0.6) is 0 Å². The number of halogens is 1. The summed E-state index contributed by atoms with van der Waals surface area (Å²) in [5, 5.41) is 2.77. The molecule has 0 radical (unpaired) electrons. The highest BCUT2D eigenvalue weighted by atomic mass is 35.5. The summed E-state index contributed by atoms with van der Waals surface area (Å²) in [4.78, 5) is 0. The molecule has 0 aliphatic heterocycles. The van der Waals surface area contributed by atoms with Crippen LogP contribution in [0.3, 0.4) is 0 Å². The molecule has 0 unspecified atom stereocenters. The summed E-state index contributed by atoms with van der Waals surface area (Å²) >= 11 is 6.90. The second-order valence-corrected chi connectivity index (χ2v) is 6.69. The Kier molecular flexibility index (Phi) is 3.55. The summed E-state index contributed by atoms with van der Waals surface area (Å²) in [6.07, 6.45) is 0. The lowest BCUT2D eigenvalue weighted by molar-refractivity contribution is 0.669. The third kappa shape index (κ3) is 2.33. The van der Waals surface area contributed by atoms with Gasteiger partial charge in [0, 0.05) is 16.3 Å². The highest BCUT2D eigenvalue weighted by Gasteiger charge is 2.17. The van der Waals surface area contributed by atoms with Crippen molar-refractivity contribution in [3.8, 4) is 22.3 Å². The predicted molar refractivity (Wildman–Crippen MR) is 110 cm³/mol. The molecule has 0 aliphatic rings. The summed E-state index contributed by atoms with van der Waals surface area (Å²) < 4.78 is 6.10. The van der Waals surface area contributed by atoms with E-state index in [0.717, 1.165) is 49.2 Å². The van der Waals surface area contributed by atoms with Crippen molar-refractivity contribution in [1.29, 1.82) is 0 Å². The van der Waals surface area contributed by atoms with Crippen molar-refractivity contribution in [3.05, 3.63) is 96.0 Å². The number of furan rings is 1. The van der Waals surface area contributed by atoms with Crippen LogP contribution in [0.15, 0.2) is 95.4 Å². The van der Waals surface area contributed by atoms with E-state index in [9.17, 15) is 0 Å². The van der Waals surface area contributed by atoms with Gasteiger partial charge in [-0.3, -0.25) is 0 Å². The Morgan fingerprint density at radius 3 is 1.81 bits per heavy atom. The van der Waals surface area contributed by atoms with Crippen molar-refractivity contribution in [1.82, 2.24) is 0 Å². The lowest BCUT2D eigenvalue weighted by atomic mass is 9.97. The zero-order valence-corrected chi connectivity index (χ0v) is 14.7. The van der Waals surface area contributed by atoms with Gasteiger partial charge in [-0.1, -0.05) is 84.4 Å². The molecule has 0 bridgehead atoms. The van der Waals surface area contributed by atoms with Gasteiger partial charge in [-0.2, -0.15) is 0 Å². The van der Waals surface area contributed by atoms with Crippen LogP contribution in [0.4, 0.5) is 0 Å². The fourth-order valence-corrected chi connectivity index (χ4v) is 3.93. The second kappa shape index (κ2) is 6.05. The zero-order valence-electron chi connectivity index (χ0n) is 13.9. The first-order chi connectivity index (χ1) is 12.8. The van der Waals surface area contributed by atoms with Gasteiger partial charge in [0.05, 0.1) is 5.02 Å². The van der Waals surface area contributed by atoms with Gasteiger partial charge >= 0.3 is 0 Å². The maximum absolute atomic E-state index is 6.90. The second-order valence-electron chi connectivity index (χ2n) is 6.31. The Morgan fingerprint density at radius 2 is 1.12 bits per heavy atom. The Labute approximate surface area is 156 Å². The molecule has 124 valence electrons.